The van der Waals surface area contributed by atoms with Crippen LogP contribution in [0.5, 0.6) is 0 Å². The summed E-state index contributed by atoms with van der Waals surface area (Å²) in [4.78, 5) is 38.7. The topological polar surface area (TPSA) is 66.5 Å². The second kappa shape index (κ2) is 6.68. The van der Waals surface area contributed by atoms with Crippen LogP contribution in [0.1, 0.15) is 36.6 Å². The van der Waals surface area contributed by atoms with E-state index >= 15 is 0 Å². The molecule has 0 radical (unpaired) electrons. The highest BCUT2D eigenvalue weighted by atomic mass is 16.2. The maximum absolute atomic E-state index is 12.6. The molecule has 3 aromatic rings. The molecule has 1 heterocycles. The molecule has 0 saturated carbocycles. The van der Waals surface area contributed by atoms with Crippen molar-refractivity contribution in [2.45, 2.75) is 6.92 Å². The Morgan fingerprint density at radius 2 is 1.52 bits per heavy atom. The molecule has 0 saturated heterocycles. The van der Waals surface area contributed by atoms with Crippen LogP contribution in [0.15, 0.2) is 60.7 Å². The van der Waals surface area contributed by atoms with Crippen LogP contribution >= 0.6 is 0 Å². The number of hydrogen-bond donors (Lipinski definition) is 1. The lowest BCUT2D eigenvalue weighted by atomic mass is 10.0. The molecule has 3 aromatic carbocycles. The Labute approximate surface area is 156 Å². The molecule has 0 atom stereocenters. The van der Waals surface area contributed by atoms with Crippen molar-refractivity contribution in [3.63, 3.8) is 0 Å². The van der Waals surface area contributed by atoms with E-state index in [9.17, 15) is 14.4 Å². The first-order chi connectivity index (χ1) is 13.0. The Bertz CT molecular complexity index is 1030. The normalized spacial score (nSPS) is 13.1. The number of carbonyl (C=O) groups is 3. The Morgan fingerprint density at radius 1 is 0.889 bits per heavy atom. The van der Waals surface area contributed by atoms with E-state index in [-0.39, 0.29) is 30.8 Å². The number of rotatable bonds is 4. The van der Waals surface area contributed by atoms with Gasteiger partial charge in [0.2, 0.25) is 0 Å². The van der Waals surface area contributed by atoms with Gasteiger partial charge in [0.15, 0.2) is 0 Å². The van der Waals surface area contributed by atoms with Gasteiger partial charge in [-0.1, -0.05) is 42.0 Å². The summed E-state index contributed by atoms with van der Waals surface area (Å²) in [5, 5.41) is 4.61. The number of fused-ring (bicyclic) bond motifs is 2. The highest BCUT2D eigenvalue weighted by molar-refractivity contribution is 6.23. The highest BCUT2D eigenvalue weighted by Crippen LogP contribution is 2.27. The molecule has 27 heavy (non-hydrogen) atoms. The van der Waals surface area contributed by atoms with Gasteiger partial charge < -0.3 is 5.32 Å². The third kappa shape index (κ3) is 3.08. The molecule has 0 unspecified atom stereocenters. The summed E-state index contributed by atoms with van der Waals surface area (Å²) in [6.07, 6.45) is 0. The predicted molar refractivity (Wildman–Crippen MR) is 103 cm³/mol. The van der Waals surface area contributed by atoms with Gasteiger partial charge in [-0.05, 0) is 42.0 Å². The molecule has 0 spiro atoms. The lowest BCUT2D eigenvalue weighted by molar-refractivity contribution is 0.0650. The maximum atomic E-state index is 12.6. The zero-order valence-corrected chi connectivity index (χ0v) is 14.9. The fraction of sp³-hybridized carbons (Fsp3) is 0.136. The van der Waals surface area contributed by atoms with Crippen LogP contribution in [0, 0.1) is 6.92 Å². The van der Waals surface area contributed by atoms with Crippen LogP contribution in [0.4, 0.5) is 0 Å². The van der Waals surface area contributed by atoms with E-state index in [1.54, 1.807) is 24.3 Å². The molecule has 4 rings (SSSR count). The van der Waals surface area contributed by atoms with Crippen molar-refractivity contribution in [1.82, 2.24) is 10.2 Å². The third-order valence-electron chi connectivity index (χ3n) is 4.74. The quantitative estimate of drug-likeness (QED) is 0.729. The summed E-state index contributed by atoms with van der Waals surface area (Å²) in [6.45, 7) is 2.26. The summed E-state index contributed by atoms with van der Waals surface area (Å²) in [5.41, 5.74) is 2.39. The summed E-state index contributed by atoms with van der Waals surface area (Å²) in [7, 11) is 0. The Balaban J connectivity index is 1.47. The van der Waals surface area contributed by atoms with Crippen molar-refractivity contribution in [1.29, 1.82) is 0 Å². The van der Waals surface area contributed by atoms with Gasteiger partial charge in [-0.2, -0.15) is 0 Å². The van der Waals surface area contributed by atoms with E-state index in [0.29, 0.717) is 16.7 Å². The van der Waals surface area contributed by atoms with Crippen molar-refractivity contribution in [3.05, 3.63) is 82.9 Å². The minimum Gasteiger partial charge on any atom is -0.350 e. The lowest BCUT2D eigenvalue weighted by Crippen LogP contribution is -2.38. The molecule has 0 fully saturated rings. The average molecular weight is 358 g/mol. The molecule has 1 aliphatic heterocycles. The maximum Gasteiger partial charge on any atom is 0.261 e. The average Bonchev–Trinajstić information content (AvgIpc) is 2.90. The van der Waals surface area contributed by atoms with Crippen molar-refractivity contribution < 1.29 is 14.4 Å². The van der Waals surface area contributed by atoms with Crippen LogP contribution < -0.4 is 5.32 Å². The molecule has 134 valence electrons. The fourth-order valence-corrected chi connectivity index (χ4v) is 3.35. The second-order valence-electron chi connectivity index (χ2n) is 6.63. The summed E-state index contributed by atoms with van der Waals surface area (Å²) in [6, 6.07) is 18.4. The molecule has 1 N–H and O–H groups in total. The van der Waals surface area contributed by atoms with Gasteiger partial charge in [0.25, 0.3) is 17.7 Å². The van der Waals surface area contributed by atoms with Crippen LogP contribution in [0.25, 0.3) is 10.8 Å². The number of nitrogens with zero attached hydrogens (tertiary/aromatic N) is 1. The van der Waals surface area contributed by atoms with Gasteiger partial charge in [-0.15, -0.1) is 0 Å². The zero-order valence-electron chi connectivity index (χ0n) is 14.9. The van der Waals surface area contributed by atoms with Crippen molar-refractivity contribution in [2.24, 2.45) is 0 Å². The first kappa shape index (κ1) is 17.0. The molecule has 1 aliphatic rings. The largest absolute Gasteiger partial charge is 0.350 e. The number of carbonyl (C=O) groups excluding carboxylic acids is 3. The third-order valence-corrected chi connectivity index (χ3v) is 4.74. The van der Waals surface area contributed by atoms with Crippen molar-refractivity contribution >= 4 is 28.5 Å². The molecule has 0 aliphatic carbocycles. The number of aryl methyl sites for hydroxylation is 1. The SMILES string of the molecule is Cc1cccc(C(=O)NCCN2C(=O)c3cc4ccccc4cc3C2=O)c1. The molecular formula is C22H18N2O3. The Hall–Kier alpha value is -3.47. The van der Waals surface area contributed by atoms with E-state index in [1.165, 1.54) is 4.90 Å². The van der Waals surface area contributed by atoms with Gasteiger partial charge in [0.1, 0.15) is 0 Å². The van der Waals surface area contributed by atoms with Crippen molar-refractivity contribution in [2.75, 3.05) is 13.1 Å². The smallest absolute Gasteiger partial charge is 0.261 e. The van der Waals surface area contributed by atoms with Crippen LogP contribution in [-0.2, 0) is 0 Å². The van der Waals surface area contributed by atoms with E-state index in [4.69, 9.17) is 0 Å². The van der Waals surface area contributed by atoms with Gasteiger partial charge in [-0.3, -0.25) is 19.3 Å². The summed E-state index contributed by atoms with van der Waals surface area (Å²) < 4.78 is 0. The Kier molecular flexibility index (Phi) is 4.20. The standard InChI is InChI=1S/C22H18N2O3/c1-14-5-4-8-17(11-14)20(25)23-9-10-24-21(26)18-12-15-6-2-3-7-16(15)13-19(18)22(24)27/h2-8,11-13H,9-10H2,1H3,(H,23,25). The molecule has 0 aromatic heterocycles. The number of amides is 3. The van der Waals surface area contributed by atoms with E-state index in [2.05, 4.69) is 5.32 Å². The van der Waals surface area contributed by atoms with Gasteiger partial charge in [0, 0.05) is 18.7 Å². The summed E-state index contributed by atoms with van der Waals surface area (Å²) >= 11 is 0. The summed E-state index contributed by atoms with van der Waals surface area (Å²) in [5.74, 6) is -0.850. The van der Waals surface area contributed by atoms with Gasteiger partial charge in [0.05, 0.1) is 11.1 Å². The second-order valence-corrected chi connectivity index (χ2v) is 6.63. The molecular weight excluding hydrogens is 340 g/mol. The molecule has 5 heteroatoms. The number of benzene rings is 3. The lowest BCUT2D eigenvalue weighted by Gasteiger charge is -2.14. The monoisotopic (exact) mass is 358 g/mol. The van der Waals surface area contributed by atoms with Gasteiger partial charge in [-0.25, -0.2) is 0 Å². The first-order valence-corrected chi connectivity index (χ1v) is 8.78. The van der Waals surface area contributed by atoms with E-state index in [0.717, 1.165) is 16.3 Å². The minimum atomic E-state index is -0.314. The van der Waals surface area contributed by atoms with E-state index < -0.39 is 0 Å². The predicted octanol–water partition coefficient (Wildman–Crippen LogP) is 3.17. The van der Waals surface area contributed by atoms with Crippen LogP contribution in [0.2, 0.25) is 0 Å². The number of imide groups is 1. The van der Waals surface area contributed by atoms with Crippen molar-refractivity contribution in [3.8, 4) is 0 Å². The highest BCUT2D eigenvalue weighted by Gasteiger charge is 2.35. The van der Waals surface area contributed by atoms with Crippen LogP contribution in [0.3, 0.4) is 0 Å². The van der Waals surface area contributed by atoms with Crippen LogP contribution in [-0.4, -0.2) is 35.7 Å². The Morgan fingerprint density at radius 3 is 2.11 bits per heavy atom. The first-order valence-electron chi connectivity index (χ1n) is 8.78. The number of nitrogens with one attached hydrogen (secondary N) is 1. The molecule has 3 amide bonds. The minimum absolute atomic E-state index is 0.139. The molecule has 0 bridgehead atoms. The van der Waals surface area contributed by atoms with Gasteiger partial charge >= 0.3 is 0 Å². The zero-order chi connectivity index (χ0) is 19.0. The number of hydrogen-bond acceptors (Lipinski definition) is 3. The fourth-order valence-electron chi connectivity index (χ4n) is 3.35. The molecule has 5 nitrogen and oxygen atoms in total. The van der Waals surface area contributed by atoms with E-state index in [1.807, 2.05) is 43.3 Å².